The molecule has 0 unspecified atom stereocenters. The first-order valence-electron chi connectivity index (χ1n) is 4.95. The van der Waals surface area contributed by atoms with Gasteiger partial charge in [0.05, 0.1) is 11.8 Å². The fraction of sp³-hybridized carbons (Fsp3) is 0.250. The van der Waals surface area contributed by atoms with Gasteiger partial charge in [0.2, 0.25) is 0 Å². The van der Waals surface area contributed by atoms with Gasteiger partial charge >= 0.3 is 0 Å². The summed E-state index contributed by atoms with van der Waals surface area (Å²) in [6.07, 6.45) is 1.47. The van der Waals surface area contributed by atoms with Crippen LogP contribution in [-0.2, 0) is 7.05 Å². The molecule has 3 nitrogen and oxygen atoms in total. The Kier molecular flexibility index (Phi) is 2.56. The zero-order valence-corrected chi connectivity index (χ0v) is 8.88. The molecule has 1 aromatic heterocycles. The minimum absolute atomic E-state index is 0.436. The monoisotopic (exact) mass is 202 g/mol. The fourth-order valence-corrected chi connectivity index (χ4v) is 1.53. The summed E-state index contributed by atoms with van der Waals surface area (Å²) in [4.78, 5) is 0. The second kappa shape index (κ2) is 3.87. The van der Waals surface area contributed by atoms with Crippen molar-refractivity contribution < 1.29 is 5.11 Å². The van der Waals surface area contributed by atoms with Crippen molar-refractivity contribution >= 4 is 0 Å². The first-order valence-corrected chi connectivity index (χ1v) is 4.95. The fourth-order valence-electron chi connectivity index (χ4n) is 1.53. The van der Waals surface area contributed by atoms with E-state index in [1.165, 1.54) is 0 Å². The highest BCUT2D eigenvalue weighted by Crippen LogP contribution is 2.21. The number of aryl methyl sites for hydroxylation is 1. The van der Waals surface area contributed by atoms with Crippen molar-refractivity contribution in [2.24, 2.45) is 7.05 Å². The molecule has 0 spiro atoms. The summed E-state index contributed by atoms with van der Waals surface area (Å²) in [5.74, 6) is 0. The number of rotatable bonds is 2. The summed E-state index contributed by atoms with van der Waals surface area (Å²) in [7, 11) is 1.89. The van der Waals surface area contributed by atoms with Gasteiger partial charge in [0.1, 0.15) is 0 Å². The molecule has 1 N–H and O–H groups in total. The van der Waals surface area contributed by atoms with E-state index >= 15 is 0 Å². The van der Waals surface area contributed by atoms with Gasteiger partial charge in [-0.15, -0.1) is 0 Å². The van der Waals surface area contributed by atoms with Crippen molar-refractivity contribution in [2.75, 3.05) is 0 Å². The third-order valence-electron chi connectivity index (χ3n) is 2.38. The van der Waals surface area contributed by atoms with Crippen LogP contribution in [0, 0.1) is 0 Å². The maximum Gasteiger partial charge on any atom is 0.0923 e. The van der Waals surface area contributed by atoms with Crippen LogP contribution in [-0.4, -0.2) is 14.9 Å². The number of aliphatic hydroxyl groups excluding tert-OH is 1. The van der Waals surface area contributed by atoms with Crippen LogP contribution in [0.25, 0.3) is 11.3 Å². The second-order valence-electron chi connectivity index (χ2n) is 3.68. The van der Waals surface area contributed by atoms with E-state index < -0.39 is 6.10 Å². The molecule has 1 aromatic carbocycles. The normalized spacial score (nSPS) is 12.7. The van der Waals surface area contributed by atoms with E-state index in [0.29, 0.717) is 0 Å². The molecule has 0 saturated heterocycles. The number of nitrogens with zero attached hydrogens (tertiary/aromatic N) is 2. The summed E-state index contributed by atoms with van der Waals surface area (Å²) in [6, 6.07) is 9.77. The molecule has 78 valence electrons. The summed E-state index contributed by atoms with van der Waals surface area (Å²) in [5.41, 5.74) is 2.88. The Labute approximate surface area is 89.0 Å². The van der Waals surface area contributed by atoms with E-state index in [4.69, 9.17) is 0 Å². The summed E-state index contributed by atoms with van der Waals surface area (Å²) < 4.78 is 1.77. The van der Waals surface area contributed by atoms with Crippen molar-refractivity contribution in [3.8, 4) is 11.3 Å². The third kappa shape index (κ3) is 2.07. The lowest BCUT2D eigenvalue weighted by Crippen LogP contribution is -1.92. The molecular formula is C12H14N2O. The van der Waals surface area contributed by atoms with Crippen LogP contribution >= 0.6 is 0 Å². The molecule has 0 aliphatic rings. The first-order chi connectivity index (χ1) is 7.16. The van der Waals surface area contributed by atoms with E-state index in [1.807, 2.05) is 43.6 Å². The van der Waals surface area contributed by atoms with Gasteiger partial charge in [-0.1, -0.05) is 18.2 Å². The Morgan fingerprint density at radius 3 is 2.73 bits per heavy atom. The molecule has 2 aromatic rings. The smallest absolute Gasteiger partial charge is 0.0923 e. The van der Waals surface area contributed by atoms with Crippen LogP contribution < -0.4 is 0 Å². The minimum atomic E-state index is -0.436. The van der Waals surface area contributed by atoms with Gasteiger partial charge in [-0.05, 0) is 24.6 Å². The van der Waals surface area contributed by atoms with Gasteiger partial charge in [-0.25, -0.2) is 0 Å². The molecule has 0 bridgehead atoms. The quantitative estimate of drug-likeness (QED) is 0.810. The molecule has 0 amide bonds. The molecule has 1 heterocycles. The van der Waals surface area contributed by atoms with Crippen molar-refractivity contribution in [3.63, 3.8) is 0 Å². The van der Waals surface area contributed by atoms with Crippen LogP contribution in [0.4, 0.5) is 0 Å². The van der Waals surface area contributed by atoms with Gasteiger partial charge in [0.15, 0.2) is 0 Å². The lowest BCUT2D eigenvalue weighted by atomic mass is 10.1. The summed E-state index contributed by atoms with van der Waals surface area (Å²) >= 11 is 0. The molecule has 0 aliphatic heterocycles. The van der Waals surface area contributed by atoms with Crippen LogP contribution in [0.5, 0.6) is 0 Å². The average Bonchev–Trinajstić information content (AvgIpc) is 2.65. The standard InChI is InChI=1S/C12H14N2O/c1-9(15)10-4-3-5-11(8-10)12-6-7-14(2)13-12/h3-9,15H,1-2H3/t9-/m1/s1. The van der Waals surface area contributed by atoms with Crippen LogP contribution in [0.3, 0.4) is 0 Å². The Balaban J connectivity index is 2.41. The van der Waals surface area contributed by atoms with E-state index in [1.54, 1.807) is 11.6 Å². The first kappa shape index (κ1) is 9.93. The lowest BCUT2D eigenvalue weighted by molar-refractivity contribution is 0.199. The highest BCUT2D eigenvalue weighted by Gasteiger charge is 2.04. The molecule has 0 saturated carbocycles. The van der Waals surface area contributed by atoms with Crippen LogP contribution in [0.1, 0.15) is 18.6 Å². The average molecular weight is 202 g/mol. The molecule has 15 heavy (non-hydrogen) atoms. The topological polar surface area (TPSA) is 38.0 Å². The van der Waals surface area contributed by atoms with Gasteiger partial charge in [-0.3, -0.25) is 4.68 Å². The highest BCUT2D eigenvalue weighted by atomic mass is 16.3. The molecule has 2 rings (SSSR count). The molecule has 0 aliphatic carbocycles. The number of hydrogen-bond acceptors (Lipinski definition) is 2. The minimum Gasteiger partial charge on any atom is -0.389 e. The van der Waals surface area contributed by atoms with Crippen LogP contribution in [0.2, 0.25) is 0 Å². The van der Waals surface area contributed by atoms with Crippen molar-refractivity contribution in [2.45, 2.75) is 13.0 Å². The molecule has 3 heteroatoms. The highest BCUT2D eigenvalue weighted by molar-refractivity contribution is 5.59. The molecular weight excluding hydrogens is 188 g/mol. The number of hydrogen-bond donors (Lipinski definition) is 1. The van der Waals surface area contributed by atoms with E-state index in [0.717, 1.165) is 16.8 Å². The predicted octanol–water partition coefficient (Wildman–Crippen LogP) is 2.14. The lowest BCUT2D eigenvalue weighted by Gasteiger charge is -2.05. The number of aromatic nitrogens is 2. The maximum absolute atomic E-state index is 9.47. The van der Waals surface area contributed by atoms with Gasteiger partial charge < -0.3 is 5.11 Å². The predicted molar refractivity (Wildman–Crippen MR) is 59.3 cm³/mol. The Bertz CT molecular complexity index is 460. The molecule has 1 atom stereocenters. The maximum atomic E-state index is 9.47. The van der Waals surface area contributed by atoms with Gasteiger partial charge in [0.25, 0.3) is 0 Å². The Morgan fingerprint density at radius 2 is 2.13 bits per heavy atom. The Hall–Kier alpha value is -1.61. The van der Waals surface area contributed by atoms with Gasteiger partial charge in [-0.2, -0.15) is 5.10 Å². The summed E-state index contributed by atoms with van der Waals surface area (Å²) in [5, 5.41) is 13.8. The van der Waals surface area contributed by atoms with Crippen LogP contribution in [0.15, 0.2) is 36.5 Å². The number of aliphatic hydroxyl groups is 1. The molecule has 0 radical (unpaired) electrons. The largest absolute Gasteiger partial charge is 0.389 e. The van der Waals surface area contributed by atoms with Crippen molar-refractivity contribution in [1.82, 2.24) is 9.78 Å². The zero-order valence-electron chi connectivity index (χ0n) is 8.88. The van der Waals surface area contributed by atoms with Crippen molar-refractivity contribution in [1.29, 1.82) is 0 Å². The van der Waals surface area contributed by atoms with E-state index in [-0.39, 0.29) is 0 Å². The van der Waals surface area contributed by atoms with E-state index in [9.17, 15) is 5.11 Å². The third-order valence-corrected chi connectivity index (χ3v) is 2.38. The van der Waals surface area contributed by atoms with Gasteiger partial charge in [0, 0.05) is 18.8 Å². The number of benzene rings is 1. The SMILES string of the molecule is C[C@@H](O)c1cccc(-c2ccn(C)n2)c1. The second-order valence-corrected chi connectivity index (χ2v) is 3.68. The summed E-state index contributed by atoms with van der Waals surface area (Å²) in [6.45, 7) is 1.76. The Morgan fingerprint density at radius 1 is 1.33 bits per heavy atom. The van der Waals surface area contributed by atoms with Crippen molar-refractivity contribution in [3.05, 3.63) is 42.1 Å². The molecule has 0 fully saturated rings. The van der Waals surface area contributed by atoms with E-state index in [2.05, 4.69) is 5.10 Å². The zero-order chi connectivity index (χ0) is 10.8.